The zero-order valence-corrected chi connectivity index (χ0v) is 16.8. The van der Waals surface area contributed by atoms with E-state index in [1.54, 1.807) is 6.92 Å². The van der Waals surface area contributed by atoms with Gasteiger partial charge < -0.3 is 14.6 Å². The summed E-state index contributed by atoms with van der Waals surface area (Å²) in [5, 5.41) is 4.28. The van der Waals surface area contributed by atoms with E-state index in [1.807, 2.05) is 32.0 Å². The fourth-order valence-electron chi connectivity index (χ4n) is 3.36. The van der Waals surface area contributed by atoms with Crippen LogP contribution in [-0.4, -0.2) is 38.6 Å². The Bertz CT molecular complexity index is 1160. The van der Waals surface area contributed by atoms with Crippen molar-refractivity contribution in [1.29, 1.82) is 0 Å². The summed E-state index contributed by atoms with van der Waals surface area (Å²) in [6, 6.07) is 8.11. The molecule has 0 atom stereocenters. The molecule has 0 radical (unpaired) electrons. The van der Waals surface area contributed by atoms with Gasteiger partial charge in [-0.15, -0.1) is 11.3 Å². The number of aromatic nitrogens is 4. The van der Waals surface area contributed by atoms with Crippen LogP contribution >= 0.6 is 11.3 Å². The molecule has 144 valence electrons. The summed E-state index contributed by atoms with van der Waals surface area (Å²) in [4.78, 5) is 26.9. The predicted molar refractivity (Wildman–Crippen MR) is 111 cm³/mol. The van der Waals surface area contributed by atoms with Crippen molar-refractivity contribution >= 4 is 44.4 Å². The van der Waals surface area contributed by atoms with Gasteiger partial charge in [0.2, 0.25) is 0 Å². The van der Waals surface area contributed by atoms with Gasteiger partial charge in [-0.2, -0.15) is 0 Å². The molecule has 0 amide bonds. The van der Waals surface area contributed by atoms with E-state index in [4.69, 9.17) is 4.74 Å². The highest BCUT2D eigenvalue weighted by atomic mass is 32.1. The maximum atomic E-state index is 12.2. The van der Waals surface area contributed by atoms with Gasteiger partial charge in [-0.05, 0) is 38.5 Å². The number of rotatable bonds is 6. The smallest absolute Gasteiger partial charge is 0.348 e. The van der Waals surface area contributed by atoms with Crippen LogP contribution in [0.25, 0.3) is 21.3 Å². The molecule has 0 bridgehead atoms. The van der Waals surface area contributed by atoms with E-state index in [9.17, 15) is 4.79 Å². The minimum atomic E-state index is -0.311. The van der Waals surface area contributed by atoms with Crippen LogP contribution in [0.5, 0.6) is 0 Å². The van der Waals surface area contributed by atoms with Crippen molar-refractivity contribution < 1.29 is 9.53 Å². The fraction of sp³-hybridized carbons (Fsp3) is 0.300. The molecule has 0 unspecified atom stereocenters. The first-order valence-corrected chi connectivity index (χ1v) is 9.98. The Balaban J connectivity index is 1.58. The van der Waals surface area contributed by atoms with Crippen molar-refractivity contribution in [3.63, 3.8) is 0 Å². The third-order valence-electron chi connectivity index (χ3n) is 4.66. The van der Waals surface area contributed by atoms with E-state index in [-0.39, 0.29) is 5.97 Å². The molecule has 1 aromatic carbocycles. The molecule has 4 rings (SSSR count). The van der Waals surface area contributed by atoms with Crippen molar-refractivity contribution in [3.05, 3.63) is 46.9 Å². The lowest BCUT2D eigenvalue weighted by atomic mass is 10.2. The average molecular weight is 395 g/mol. The Morgan fingerprint density at radius 3 is 2.89 bits per heavy atom. The highest BCUT2D eigenvalue weighted by Crippen LogP contribution is 2.33. The van der Waals surface area contributed by atoms with Crippen molar-refractivity contribution in [2.45, 2.75) is 27.3 Å². The molecule has 0 saturated carbocycles. The summed E-state index contributed by atoms with van der Waals surface area (Å²) in [7, 11) is 0. The van der Waals surface area contributed by atoms with Gasteiger partial charge in [-0.3, -0.25) is 0 Å². The number of nitrogens with zero attached hydrogens (tertiary/aromatic N) is 4. The number of thiophene rings is 1. The maximum Gasteiger partial charge on any atom is 0.348 e. The summed E-state index contributed by atoms with van der Waals surface area (Å²) >= 11 is 1.34. The quantitative estimate of drug-likeness (QED) is 0.498. The summed E-state index contributed by atoms with van der Waals surface area (Å²) in [6.45, 7) is 7.50. The molecule has 28 heavy (non-hydrogen) atoms. The average Bonchev–Trinajstić information content (AvgIpc) is 3.19. The first kappa shape index (κ1) is 18.4. The number of nitrogens with one attached hydrogen (secondary N) is 1. The lowest BCUT2D eigenvalue weighted by molar-refractivity contribution is 0.0531. The van der Waals surface area contributed by atoms with Crippen molar-refractivity contribution in [2.24, 2.45) is 0 Å². The number of hydrogen-bond acceptors (Lipinski definition) is 7. The molecule has 3 heterocycles. The number of esters is 1. The van der Waals surface area contributed by atoms with E-state index in [0.717, 1.165) is 45.0 Å². The molecule has 0 aliphatic carbocycles. The van der Waals surface area contributed by atoms with E-state index in [2.05, 4.69) is 30.9 Å². The minimum Gasteiger partial charge on any atom is -0.462 e. The number of benzene rings is 1. The molecule has 7 nitrogen and oxygen atoms in total. The Morgan fingerprint density at radius 1 is 1.25 bits per heavy atom. The van der Waals surface area contributed by atoms with Crippen LogP contribution in [0.15, 0.2) is 30.6 Å². The Labute approximate surface area is 166 Å². The standard InChI is InChI=1S/C20H21N5O2S/c1-4-27-20(26)17-12(2)16-18(22-11-23-19(16)28-17)21-9-10-25-13(3)24-14-7-5-6-8-15(14)25/h5-8,11H,4,9-10H2,1-3H3,(H,21,22,23). The Hall–Kier alpha value is -3.00. The molecule has 0 fully saturated rings. The van der Waals surface area contributed by atoms with Crippen LogP contribution in [-0.2, 0) is 11.3 Å². The largest absolute Gasteiger partial charge is 0.462 e. The summed E-state index contributed by atoms with van der Waals surface area (Å²) in [6.07, 6.45) is 1.52. The second kappa shape index (κ2) is 7.55. The van der Waals surface area contributed by atoms with Crippen molar-refractivity contribution in [2.75, 3.05) is 18.5 Å². The first-order valence-electron chi connectivity index (χ1n) is 9.17. The number of aryl methyl sites for hydroxylation is 2. The van der Waals surface area contributed by atoms with Gasteiger partial charge in [-0.25, -0.2) is 19.7 Å². The number of fused-ring (bicyclic) bond motifs is 2. The monoisotopic (exact) mass is 395 g/mol. The summed E-state index contributed by atoms with van der Waals surface area (Å²) in [5.41, 5.74) is 2.97. The highest BCUT2D eigenvalue weighted by Gasteiger charge is 2.20. The molecular formula is C20H21N5O2S. The van der Waals surface area contributed by atoms with Gasteiger partial charge in [0, 0.05) is 13.1 Å². The highest BCUT2D eigenvalue weighted by molar-refractivity contribution is 7.20. The van der Waals surface area contributed by atoms with Crippen LogP contribution < -0.4 is 5.32 Å². The third kappa shape index (κ3) is 3.20. The van der Waals surface area contributed by atoms with E-state index in [1.165, 1.54) is 17.7 Å². The van der Waals surface area contributed by atoms with Crippen LogP contribution in [0.4, 0.5) is 5.82 Å². The molecule has 0 spiro atoms. The number of carbonyl (C=O) groups is 1. The van der Waals surface area contributed by atoms with E-state index < -0.39 is 0 Å². The van der Waals surface area contributed by atoms with Crippen LogP contribution in [0.2, 0.25) is 0 Å². The topological polar surface area (TPSA) is 81.9 Å². The molecule has 8 heteroatoms. The normalized spacial score (nSPS) is 11.2. The molecule has 0 aliphatic heterocycles. The van der Waals surface area contributed by atoms with E-state index >= 15 is 0 Å². The second-order valence-corrected chi connectivity index (χ2v) is 7.40. The molecule has 0 saturated heterocycles. The lowest BCUT2D eigenvalue weighted by Crippen LogP contribution is -2.12. The number of para-hydroxylation sites is 2. The Morgan fingerprint density at radius 2 is 2.07 bits per heavy atom. The number of hydrogen-bond donors (Lipinski definition) is 1. The van der Waals surface area contributed by atoms with Crippen molar-refractivity contribution in [3.8, 4) is 0 Å². The lowest BCUT2D eigenvalue weighted by Gasteiger charge is -2.10. The van der Waals surface area contributed by atoms with Crippen LogP contribution in [0.1, 0.15) is 28.0 Å². The number of imidazole rings is 1. The molecule has 4 aromatic rings. The van der Waals surface area contributed by atoms with Gasteiger partial charge in [0.25, 0.3) is 0 Å². The van der Waals surface area contributed by atoms with Gasteiger partial charge in [-0.1, -0.05) is 12.1 Å². The fourth-order valence-corrected chi connectivity index (χ4v) is 4.40. The number of ether oxygens (including phenoxy) is 1. The first-order chi connectivity index (χ1) is 13.6. The van der Waals surface area contributed by atoms with Crippen molar-refractivity contribution in [1.82, 2.24) is 19.5 Å². The third-order valence-corrected chi connectivity index (χ3v) is 5.84. The summed E-state index contributed by atoms with van der Waals surface area (Å²) in [5.74, 6) is 1.40. The van der Waals surface area contributed by atoms with E-state index in [0.29, 0.717) is 18.0 Å². The maximum absolute atomic E-state index is 12.2. The Kier molecular flexibility index (Phi) is 4.95. The van der Waals surface area contributed by atoms with Gasteiger partial charge >= 0.3 is 5.97 Å². The SMILES string of the molecule is CCOC(=O)c1sc2ncnc(NCCn3c(C)nc4ccccc43)c2c1C. The summed E-state index contributed by atoms with van der Waals surface area (Å²) < 4.78 is 7.34. The molecule has 0 aliphatic rings. The zero-order chi connectivity index (χ0) is 19.7. The van der Waals surface area contributed by atoms with Crippen LogP contribution in [0.3, 0.4) is 0 Å². The van der Waals surface area contributed by atoms with Gasteiger partial charge in [0.05, 0.1) is 23.0 Å². The van der Waals surface area contributed by atoms with Gasteiger partial charge in [0.1, 0.15) is 27.7 Å². The van der Waals surface area contributed by atoms with Gasteiger partial charge in [0.15, 0.2) is 0 Å². The molecule has 3 aromatic heterocycles. The van der Waals surface area contributed by atoms with Crippen LogP contribution in [0, 0.1) is 13.8 Å². The second-order valence-electron chi connectivity index (χ2n) is 6.41. The molecule has 1 N–H and O–H groups in total. The number of carbonyl (C=O) groups excluding carboxylic acids is 1. The zero-order valence-electron chi connectivity index (χ0n) is 16.0. The minimum absolute atomic E-state index is 0.311. The molecular weight excluding hydrogens is 374 g/mol. The predicted octanol–water partition coefficient (Wildman–Crippen LogP) is 3.95. The number of anilines is 1.